The summed E-state index contributed by atoms with van der Waals surface area (Å²) in [5, 5.41) is 0. The van der Waals surface area contributed by atoms with Crippen LogP contribution in [0.4, 0.5) is 0 Å². The highest BCUT2D eigenvalue weighted by Gasteiger charge is 2.19. The summed E-state index contributed by atoms with van der Waals surface area (Å²) in [5.74, 6) is -0.840. The van der Waals surface area contributed by atoms with Gasteiger partial charge >= 0.3 is 17.9 Å². The molecule has 0 aliphatic carbocycles. The maximum atomic E-state index is 12.9. The van der Waals surface area contributed by atoms with Crippen LogP contribution in [0.1, 0.15) is 393 Å². The maximum Gasteiger partial charge on any atom is 0.306 e. The Bertz CT molecular complexity index is 1240. The molecule has 0 radical (unpaired) electrons. The fourth-order valence-corrected chi connectivity index (χ4v) is 10.7. The van der Waals surface area contributed by atoms with E-state index in [-0.39, 0.29) is 31.1 Å². The summed E-state index contributed by atoms with van der Waals surface area (Å²) in [4.78, 5) is 38.4. The molecule has 1 unspecified atom stereocenters. The molecule has 454 valence electrons. The lowest BCUT2D eigenvalue weighted by Crippen LogP contribution is -2.30. The number of esters is 3. The molecule has 6 heteroatoms. The van der Waals surface area contributed by atoms with Crippen LogP contribution in [0.5, 0.6) is 0 Å². The Morgan fingerprint density at radius 1 is 0.247 bits per heavy atom. The normalized spacial score (nSPS) is 12.1. The van der Waals surface area contributed by atoms with Crippen LogP contribution in [0.25, 0.3) is 0 Å². The van der Waals surface area contributed by atoms with E-state index in [0.29, 0.717) is 19.3 Å². The second-order valence-electron chi connectivity index (χ2n) is 23.8. The number of ether oxygens (including phenoxy) is 3. The SMILES string of the molecule is CCCCCCCC/C=C\CCCCCCCCCC(=O)OC(COC(=O)CCCCCCCCCCCCCCCCC)COC(=O)CCCCCCCCCCCCCCCCC/C=C\CCCCCCCCCC. The van der Waals surface area contributed by atoms with Gasteiger partial charge in [-0.2, -0.15) is 0 Å². The number of hydrogen-bond donors (Lipinski definition) is 0. The van der Waals surface area contributed by atoms with E-state index in [4.69, 9.17) is 14.2 Å². The van der Waals surface area contributed by atoms with Crippen LogP contribution in [-0.4, -0.2) is 37.2 Å². The molecule has 1 atom stereocenters. The first-order valence-electron chi connectivity index (χ1n) is 34.8. The molecule has 0 rings (SSSR count). The molecule has 0 bridgehead atoms. The van der Waals surface area contributed by atoms with Gasteiger partial charge in [-0.1, -0.05) is 328 Å². The van der Waals surface area contributed by atoms with Crippen molar-refractivity contribution in [3.8, 4) is 0 Å². The number of hydrogen-bond acceptors (Lipinski definition) is 6. The molecule has 0 N–H and O–H groups in total. The fourth-order valence-electron chi connectivity index (χ4n) is 10.7. The Hall–Kier alpha value is -2.11. The minimum Gasteiger partial charge on any atom is -0.462 e. The van der Waals surface area contributed by atoms with Crippen molar-refractivity contribution in [2.24, 2.45) is 0 Å². The van der Waals surface area contributed by atoms with Crippen molar-refractivity contribution in [2.75, 3.05) is 13.2 Å². The summed E-state index contributed by atoms with van der Waals surface area (Å²) in [6.45, 7) is 6.71. The van der Waals surface area contributed by atoms with Crippen LogP contribution < -0.4 is 0 Å². The number of allylic oxidation sites excluding steroid dienone is 4. The summed E-state index contributed by atoms with van der Waals surface area (Å²) in [7, 11) is 0. The number of unbranched alkanes of at least 4 members (excludes halogenated alkanes) is 50. The average molecular weight is 1080 g/mol. The highest BCUT2D eigenvalue weighted by molar-refractivity contribution is 5.71. The molecule has 0 aliphatic heterocycles. The van der Waals surface area contributed by atoms with Crippen LogP contribution in [0.2, 0.25) is 0 Å². The van der Waals surface area contributed by atoms with Crippen molar-refractivity contribution in [1.29, 1.82) is 0 Å². The van der Waals surface area contributed by atoms with E-state index < -0.39 is 6.10 Å². The van der Waals surface area contributed by atoms with Crippen molar-refractivity contribution >= 4 is 17.9 Å². The van der Waals surface area contributed by atoms with Gasteiger partial charge in [-0.05, 0) is 70.6 Å². The molecule has 0 aromatic heterocycles. The Morgan fingerprint density at radius 2 is 0.429 bits per heavy atom. The van der Waals surface area contributed by atoms with Gasteiger partial charge in [-0.25, -0.2) is 0 Å². The lowest BCUT2D eigenvalue weighted by Gasteiger charge is -2.18. The molecule has 77 heavy (non-hydrogen) atoms. The lowest BCUT2D eigenvalue weighted by atomic mass is 10.0. The Kier molecular flexibility index (Phi) is 64.6. The van der Waals surface area contributed by atoms with Crippen LogP contribution in [0, 0.1) is 0 Å². The van der Waals surface area contributed by atoms with Crippen molar-refractivity contribution in [1.82, 2.24) is 0 Å². The zero-order valence-corrected chi connectivity index (χ0v) is 52.3. The minimum absolute atomic E-state index is 0.0669. The van der Waals surface area contributed by atoms with E-state index in [0.717, 1.165) is 57.8 Å². The molecule has 0 spiro atoms. The second kappa shape index (κ2) is 66.4. The van der Waals surface area contributed by atoms with Gasteiger partial charge in [0, 0.05) is 19.3 Å². The van der Waals surface area contributed by atoms with Gasteiger partial charge in [0.15, 0.2) is 6.10 Å². The third kappa shape index (κ3) is 64.6. The van der Waals surface area contributed by atoms with Gasteiger partial charge in [0.25, 0.3) is 0 Å². The standard InChI is InChI=1S/C71H134O6/c1-4-7-10-13-16-19-22-25-28-30-31-32-33-34-35-36-37-38-39-41-43-46-49-52-55-58-61-64-70(73)76-67-68(66-75-69(72)63-60-57-54-51-48-45-42-27-24-21-18-15-12-9-6-3)77-71(74)65-62-59-56-53-50-47-44-40-29-26-23-20-17-14-11-8-5-2/h26,29-31,68H,4-25,27-28,32-67H2,1-3H3/b29-26-,31-30-. The summed E-state index contributed by atoms with van der Waals surface area (Å²) >= 11 is 0. The van der Waals surface area contributed by atoms with Gasteiger partial charge in [0.05, 0.1) is 0 Å². The fraction of sp³-hybridized carbons (Fsp3) is 0.901. The minimum atomic E-state index is -0.770. The number of carbonyl (C=O) groups is 3. The van der Waals surface area contributed by atoms with E-state index in [9.17, 15) is 14.4 Å². The highest BCUT2D eigenvalue weighted by Crippen LogP contribution is 2.18. The van der Waals surface area contributed by atoms with E-state index in [1.807, 2.05) is 0 Å². The molecule has 0 heterocycles. The first-order chi connectivity index (χ1) is 38.0. The predicted octanol–water partition coefficient (Wildman–Crippen LogP) is 23.8. The third-order valence-corrected chi connectivity index (χ3v) is 15.9. The van der Waals surface area contributed by atoms with Crippen LogP contribution in [0.3, 0.4) is 0 Å². The predicted molar refractivity (Wildman–Crippen MR) is 335 cm³/mol. The molecule has 0 aliphatic rings. The van der Waals surface area contributed by atoms with E-state index >= 15 is 0 Å². The molecule has 0 amide bonds. The molecule has 0 aromatic rings. The zero-order chi connectivity index (χ0) is 55.7. The van der Waals surface area contributed by atoms with E-state index in [2.05, 4.69) is 45.1 Å². The van der Waals surface area contributed by atoms with Crippen molar-refractivity contribution < 1.29 is 28.6 Å². The largest absolute Gasteiger partial charge is 0.462 e. The first kappa shape index (κ1) is 74.9. The Balaban J connectivity index is 4.22. The molecule has 6 nitrogen and oxygen atoms in total. The monoisotopic (exact) mass is 1080 g/mol. The lowest BCUT2D eigenvalue weighted by molar-refractivity contribution is -0.167. The van der Waals surface area contributed by atoms with Gasteiger partial charge in [0.1, 0.15) is 13.2 Å². The topological polar surface area (TPSA) is 78.9 Å². The van der Waals surface area contributed by atoms with Crippen molar-refractivity contribution in [3.05, 3.63) is 24.3 Å². The van der Waals surface area contributed by atoms with Gasteiger partial charge in [-0.3, -0.25) is 14.4 Å². The molecular formula is C71H134O6. The van der Waals surface area contributed by atoms with Gasteiger partial charge in [-0.15, -0.1) is 0 Å². The smallest absolute Gasteiger partial charge is 0.306 e. The quantitative estimate of drug-likeness (QED) is 0.0261. The number of rotatable bonds is 65. The Labute approximate surface area is 481 Å². The first-order valence-corrected chi connectivity index (χ1v) is 34.8. The molecular weight excluding hydrogens is 949 g/mol. The molecule has 0 saturated carbocycles. The van der Waals surface area contributed by atoms with Crippen LogP contribution >= 0.6 is 0 Å². The summed E-state index contributed by atoms with van der Waals surface area (Å²) in [6, 6.07) is 0. The summed E-state index contributed by atoms with van der Waals surface area (Å²) in [5.41, 5.74) is 0. The van der Waals surface area contributed by atoms with Crippen LogP contribution in [-0.2, 0) is 28.6 Å². The molecule has 0 saturated heterocycles. The second-order valence-corrected chi connectivity index (χ2v) is 23.8. The van der Waals surface area contributed by atoms with Crippen molar-refractivity contribution in [2.45, 2.75) is 399 Å². The van der Waals surface area contributed by atoms with Crippen molar-refractivity contribution in [3.63, 3.8) is 0 Å². The Morgan fingerprint density at radius 3 is 0.649 bits per heavy atom. The third-order valence-electron chi connectivity index (χ3n) is 15.9. The molecule has 0 fully saturated rings. The average Bonchev–Trinajstić information content (AvgIpc) is 3.43. The van der Waals surface area contributed by atoms with Crippen LogP contribution in [0.15, 0.2) is 24.3 Å². The van der Waals surface area contributed by atoms with Gasteiger partial charge in [0.2, 0.25) is 0 Å². The zero-order valence-electron chi connectivity index (χ0n) is 52.3. The molecule has 0 aromatic carbocycles. The van der Waals surface area contributed by atoms with E-state index in [1.165, 1.54) is 295 Å². The highest BCUT2D eigenvalue weighted by atomic mass is 16.6. The number of carbonyl (C=O) groups excluding carboxylic acids is 3. The summed E-state index contributed by atoms with van der Waals surface area (Å²) in [6.07, 6.45) is 80.6. The van der Waals surface area contributed by atoms with E-state index in [1.54, 1.807) is 0 Å². The summed E-state index contributed by atoms with van der Waals surface area (Å²) < 4.78 is 17.0. The maximum absolute atomic E-state index is 12.9. The van der Waals surface area contributed by atoms with Gasteiger partial charge < -0.3 is 14.2 Å².